The molecular weight excluding hydrogens is 561 g/mol. The minimum Gasteiger partial charge on any atom is -0.497 e. The fourth-order valence-corrected chi connectivity index (χ4v) is 4.87. The summed E-state index contributed by atoms with van der Waals surface area (Å²) >= 11 is 0. The SMILES string of the molecule is COc1cc(Nc2nc3ccccc3nc2N(c2cccc(NC(=O)Cc3ccccc3F)c2)[SH](=O)=O)cc(OC)c1. The quantitative estimate of drug-likeness (QED) is 0.186. The average Bonchev–Trinajstić information content (AvgIpc) is 2.98. The summed E-state index contributed by atoms with van der Waals surface area (Å²) in [5.41, 5.74) is 2.28. The van der Waals surface area contributed by atoms with Crippen molar-refractivity contribution in [3.8, 4) is 11.5 Å². The van der Waals surface area contributed by atoms with E-state index in [2.05, 4.69) is 20.6 Å². The number of hydrogen-bond donors (Lipinski definition) is 3. The van der Waals surface area contributed by atoms with E-state index >= 15 is 0 Å². The molecule has 0 aliphatic rings. The predicted octanol–water partition coefficient (Wildman–Crippen LogP) is 5.38. The Morgan fingerprint density at radius 3 is 2.17 bits per heavy atom. The molecule has 0 atom stereocenters. The number of nitrogens with zero attached hydrogens (tertiary/aromatic N) is 3. The number of carbonyl (C=O) groups is 1. The lowest BCUT2D eigenvalue weighted by atomic mass is 10.1. The Hall–Kier alpha value is -5.23. The summed E-state index contributed by atoms with van der Waals surface area (Å²) in [7, 11) is -0.240. The third-order valence-electron chi connectivity index (χ3n) is 6.21. The summed E-state index contributed by atoms with van der Waals surface area (Å²) in [4.78, 5) is 22.0. The minimum atomic E-state index is -3.28. The number of ether oxygens (including phenoxy) is 2. The smallest absolute Gasteiger partial charge is 0.230 e. The van der Waals surface area contributed by atoms with Crippen molar-refractivity contribution in [2.45, 2.75) is 6.42 Å². The topological polar surface area (TPSA) is 123 Å². The second kappa shape index (κ2) is 12.5. The van der Waals surface area contributed by atoms with Gasteiger partial charge in [0.25, 0.3) is 0 Å². The number of fused-ring (bicyclic) bond motifs is 1. The van der Waals surface area contributed by atoms with E-state index in [1.165, 1.54) is 32.4 Å². The summed E-state index contributed by atoms with van der Waals surface area (Å²) in [5.74, 6) is 0.226. The largest absolute Gasteiger partial charge is 0.497 e. The van der Waals surface area contributed by atoms with E-state index in [0.29, 0.717) is 33.9 Å². The first-order valence-electron chi connectivity index (χ1n) is 12.7. The van der Waals surface area contributed by atoms with E-state index in [1.807, 2.05) is 0 Å². The van der Waals surface area contributed by atoms with Gasteiger partial charge in [-0.05, 0) is 42.0 Å². The van der Waals surface area contributed by atoms with Crippen LogP contribution in [0, 0.1) is 5.82 Å². The van der Waals surface area contributed by atoms with Crippen LogP contribution in [-0.2, 0) is 22.1 Å². The van der Waals surface area contributed by atoms with Crippen molar-refractivity contribution < 1.29 is 27.1 Å². The van der Waals surface area contributed by atoms with Gasteiger partial charge in [-0.1, -0.05) is 36.4 Å². The number of hydrogen-bond acceptors (Lipinski definition) is 8. The Labute approximate surface area is 242 Å². The number of para-hydroxylation sites is 2. The number of aromatic nitrogens is 2. The second-order valence-electron chi connectivity index (χ2n) is 9.03. The van der Waals surface area contributed by atoms with Gasteiger partial charge in [-0.3, -0.25) is 4.79 Å². The molecule has 2 N–H and O–H groups in total. The van der Waals surface area contributed by atoms with Crippen LogP contribution in [0.15, 0.2) is 91.0 Å². The molecule has 42 heavy (non-hydrogen) atoms. The van der Waals surface area contributed by atoms with Crippen LogP contribution >= 0.6 is 0 Å². The van der Waals surface area contributed by atoms with E-state index < -0.39 is 22.6 Å². The Morgan fingerprint density at radius 2 is 1.50 bits per heavy atom. The molecule has 214 valence electrons. The molecular formula is C30H26FN5O5S. The van der Waals surface area contributed by atoms with Gasteiger partial charge in [0.05, 0.1) is 37.4 Å². The van der Waals surface area contributed by atoms with Crippen molar-refractivity contribution in [3.05, 3.63) is 102 Å². The lowest BCUT2D eigenvalue weighted by Crippen LogP contribution is -2.19. The highest BCUT2D eigenvalue weighted by Crippen LogP contribution is 2.35. The first-order valence-corrected chi connectivity index (χ1v) is 13.8. The first kappa shape index (κ1) is 28.3. The Bertz CT molecular complexity index is 1820. The van der Waals surface area contributed by atoms with Crippen LogP contribution < -0.4 is 24.4 Å². The number of methoxy groups -OCH3 is 2. The molecule has 5 rings (SSSR count). The van der Waals surface area contributed by atoms with Gasteiger partial charge >= 0.3 is 0 Å². The molecule has 5 aromatic rings. The molecule has 1 aromatic heterocycles. The summed E-state index contributed by atoms with van der Waals surface area (Å²) in [6, 6.07) is 24.4. The number of carbonyl (C=O) groups excluding carboxylic acids is 1. The van der Waals surface area contributed by atoms with Crippen LogP contribution in [0.3, 0.4) is 0 Å². The second-order valence-corrected chi connectivity index (χ2v) is 9.90. The molecule has 0 fully saturated rings. The average molecular weight is 588 g/mol. The van der Waals surface area contributed by atoms with Crippen LogP contribution in [0.2, 0.25) is 0 Å². The summed E-state index contributed by atoms with van der Waals surface area (Å²) < 4.78 is 51.3. The highest BCUT2D eigenvalue weighted by molar-refractivity contribution is 7.74. The van der Waals surface area contributed by atoms with Gasteiger partial charge in [0.1, 0.15) is 17.3 Å². The lowest BCUT2D eigenvalue weighted by Gasteiger charge is -2.21. The van der Waals surface area contributed by atoms with Gasteiger partial charge in [0, 0.05) is 29.6 Å². The van der Waals surface area contributed by atoms with Gasteiger partial charge in [-0.25, -0.2) is 27.1 Å². The van der Waals surface area contributed by atoms with Crippen molar-refractivity contribution in [2.75, 3.05) is 29.2 Å². The highest BCUT2D eigenvalue weighted by Gasteiger charge is 2.22. The summed E-state index contributed by atoms with van der Waals surface area (Å²) in [6.45, 7) is 0. The van der Waals surface area contributed by atoms with Crippen LogP contribution in [0.5, 0.6) is 11.5 Å². The van der Waals surface area contributed by atoms with E-state index in [-0.39, 0.29) is 29.3 Å². The molecule has 0 bridgehead atoms. The maximum atomic E-state index is 14.0. The number of amides is 1. The number of anilines is 5. The van der Waals surface area contributed by atoms with Crippen LogP contribution in [0.1, 0.15) is 5.56 Å². The third-order valence-corrected chi connectivity index (χ3v) is 6.96. The predicted molar refractivity (Wildman–Crippen MR) is 160 cm³/mol. The van der Waals surface area contributed by atoms with Crippen molar-refractivity contribution in [3.63, 3.8) is 0 Å². The van der Waals surface area contributed by atoms with Crippen LogP contribution in [0.25, 0.3) is 11.0 Å². The molecule has 1 heterocycles. The zero-order valence-electron chi connectivity index (χ0n) is 22.6. The standard InChI is InChI=1S/C30H26FN5O5S/c1-40-23-16-21(17-24(18-23)41-2)33-29-30(35-27-13-6-5-12-26(27)34-29)36(42(38)39)22-10-7-9-20(15-22)32-28(37)14-19-8-3-4-11-25(19)31/h3-13,15-18,42H,14H2,1-2H3,(H,32,37)(H,33,34). The minimum absolute atomic E-state index is 0.00133. The van der Waals surface area contributed by atoms with E-state index in [1.54, 1.807) is 72.8 Å². The van der Waals surface area contributed by atoms with Gasteiger partial charge in [-0.2, -0.15) is 0 Å². The van der Waals surface area contributed by atoms with Crippen LogP contribution in [-0.4, -0.2) is 38.5 Å². The molecule has 1 amide bonds. The molecule has 0 aliphatic carbocycles. The Morgan fingerprint density at radius 1 is 0.833 bits per heavy atom. The fraction of sp³-hybridized carbons (Fsp3) is 0.100. The number of nitrogens with one attached hydrogen (secondary N) is 2. The van der Waals surface area contributed by atoms with Crippen molar-refractivity contribution in [1.29, 1.82) is 0 Å². The normalized spacial score (nSPS) is 10.9. The fourth-order valence-electron chi connectivity index (χ4n) is 4.27. The van der Waals surface area contributed by atoms with Crippen LogP contribution in [0.4, 0.5) is 33.1 Å². The van der Waals surface area contributed by atoms with Gasteiger partial charge in [0.2, 0.25) is 16.8 Å². The Kier molecular flexibility index (Phi) is 8.44. The van der Waals surface area contributed by atoms with Crippen molar-refractivity contribution >= 4 is 56.5 Å². The van der Waals surface area contributed by atoms with E-state index in [4.69, 9.17) is 9.47 Å². The zero-order valence-corrected chi connectivity index (χ0v) is 23.5. The van der Waals surface area contributed by atoms with E-state index in [0.717, 1.165) is 4.31 Å². The number of halogens is 1. The lowest BCUT2D eigenvalue weighted by molar-refractivity contribution is -0.115. The monoisotopic (exact) mass is 587 g/mol. The summed E-state index contributed by atoms with van der Waals surface area (Å²) in [5, 5.41) is 5.85. The molecule has 12 heteroatoms. The maximum Gasteiger partial charge on any atom is 0.230 e. The zero-order chi connectivity index (χ0) is 29.6. The molecule has 4 aromatic carbocycles. The number of rotatable bonds is 10. The molecule has 0 aliphatic heterocycles. The first-order chi connectivity index (χ1) is 20.3. The number of benzene rings is 4. The molecule has 0 spiro atoms. The van der Waals surface area contributed by atoms with Gasteiger partial charge in [-0.15, -0.1) is 0 Å². The third kappa shape index (κ3) is 6.39. The molecule has 0 unspecified atom stereocenters. The highest BCUT2D eigenvalue weighted by atomic mass is 32.2. The molecule has 0 saturated carbocycles. The van der Waals surface area contributed by atoms with E-state index in [9.17, 15) is 17.6 Å². The Balaban J connectivity index is 1.53. The van der Waals surface area contributed by atoms with Crippen molar-refractivity contribution in [2.24, 2.45) is 0 Å². The number of thiol groups is 1. The van der Waals surface area contributed by atoms with Crippen molar-refractivity contribution in [1.82, 2.24) is 9.97 Å². The molecule has 0 radical (unpaired) electrons. The molecule has 0 saturated heterocycles. The van der Waals surface area contributed by atoms with Gasteiger partial charge in [0.15, 0.2) is 11.6 Å². The van der Waals surface area contributed by atoms with Gasteiger partial charge < -0.3 is 20.1 Å². The summed E-state index contributed by atoms with van der Waals surface area (Å²) in [6.07, 6.45) is -0.190. The molecule has 10 nitrogen and oxygen atoms in total. The maximum absolute atomic E-state index is 14.0.